The second kappa shape index (κ2) is 13.5. The van der Waals surface area contributed by atoms with Gasteiger partial charge in [-0.3, -0.25) is 19.1 Å². The molecule has 49 heavy (non-hydrogen) atoms. The first kappa shape index (κ1) is 35.9. The Morgan fingerprint density at radius 3 is 2.49 bits per heavy atom. The maximum absolute atomic E-state index is 14.0. The maximum atomic E-state index is 14.0. The summed E-state index contributed by atoms with van der Waals surface area (Å²) >= 11 is 0. The van der Waals surface area contributed by atoms with Crippen molar-refractivity contribution in [1.29, 1.82) is 0 Å². The van der Waals surface area contributed by atoms with Crippen LogP contribution in [0.4, 0.5) is 4.79 Å². The lowest BCUT2D eigenvalue weighted by Gasteiger charge is -2.31. The van der Waals surface area contributed by atoms with Crippen LogP contribution in [0.25, 0.3) is 10.8 Å². The monoisotopic (exact) mass is 701 g/mol. The average Bonchev–Trinajstić information content (AvgIpc) is 3.95. The Kier molecular flexibility index (Phi) is 9.85. The van der Waals surface area contributed by atoms with Crippen molar-refractivity contribution in [2.75, 3.05) is 13.7 Å². The normalized spacial score (nSPS) is 24.7. The van der Waals surface area contributed by atoms with Gasteiger partial charge in [0.05, 0.1) is 25.0 Å². The van der Waals surface area contributed by atoms with Gasteiger partial charge in [0, 0.05) is 23.9 Å². The van der Waals surface area contributed by atoms with Gasteiger partial charge in [-0.2, -0.15) is 0 Å². The minimum absolute atomic E-state index is 0.0540. The minimum atomic E-state index is -3.92. The molecule has 2 heterocycles. The number of benzene rings is 1. The first-order valence-electron chi connectivity index (χ1n) is 16.1. The highest BCUT2D eigenvalue weighted by molar-refractivity contribution is 7.91. The molecule has 6 unspecified atom stereocenters. The first-order valence-corrected chi connectivity index (χ1v) is 17.6. The summed E-state index contributed by atoms with van der Waals surface area (Å²) in [6.45, 7) is 9.81. The van der Waals surface area contributed by atoms with Gasteiger partial charge in [0.15, 0.2) is 0 Å². The van der Waals surface area contributed by atoms with Crippen LogP contribution in [0.2, 0.25) is 0 Å². The summed E-state index contributed by atoms with van der Waals surface area (Å²) in [6, 6.07) is 4.35. The van der Waals surface area contributed by atoms with Gasteiger partial charge in [-0.25, -0.2) is 18.2 Å². The van der Waals surface area contributed by atoms with E-state index >= 15 is 0 Å². The second-order valence-electron chi connectivity index (χ2n) is 13.7. The molecule has 1 aromatic heterocycles. The highest BCUT2D eigenvalue weighted by atomic mass is 32.2. The molecule has 0 radical (unpaired) electrons. The van der Waals surface area contributed by atoms with Crippen LogP contribution in [0, 0.1) is 5.92 Å². The number of hydrogen-bond acceptors (Lipinski definition) is 11. The van der Waals surface area contributed by atoms with Gasteiger partial charge in [-0.1, -0.05) is 6.08 Å². The zero-order valence-corrected chi connectivity index (χ0v) is 28.9. The number of pyridine rings is 1. The first-order chi connectivity index (χ1) is 23.0. The molecule has 2 aliphatic carbocycles. The van der Waals surface area contributed by atoms with Crippen LogP contribution in [0.5, 0.6) is 11.6 Å². The number of nitrogens with zero attached hydrogens (tertiary/aromatic N) is 2. The number of amides is 4. The molecule has 5 rings (SSSR count). The van der Waals surface area contributed by atoms with E-state index in [4.69, 9.17) is 14.2 Å². The molecule has 1 aliphatic heterocycles. The van der Waals surface area contributed by atoms with Gasteiger partial charge in [-0.15, -0.1) is 6.58 Å². The predicted molar refractivity (Wildman–Crippen MR) is 177 cm³/mol. The number of alkyl carbamates (subject to hydrolysis) is 1. The summed E-state index contributed by atoms with van der Waals surface area (Å²) in [6.07, 6.45) is 0.812. The van der Waals surface area contributed by atoms with Crippen molar-refractivity contribution < 1.29 is 46.9 Å². The van der Waals surface area contributed by atoms with Crippen molar-refractivity contribution in [3.8, 4) is 11.6 Å². The van der Waals surface area contributed by atoms with Gasteiger partial charge in [0.1, 0.15) is 35.1 Å². The summed E-state index contributed by atoms with van der Waals surface area (Å²) in [7, 11) is -2.37. The molecule has 0 bridgehead atoms. The van der Waals surface area contributed by atoms with E-state index in [1.165, 1.54) is 17.9 Å². The number of aliphatic hydroxyl groups excluding tert-OH is 1. The number of carbonyl (C=O) groups is 4. The number of rotatable bonds is 12. The highest BCUT2D eigenvalue weighted by Crippen LogP contribution is 2.45. The number of sulfonamides is 1. The lowest BCUT2D eigenvalue weighted by molar-refractivity contribution is -0.142. The van der Waals surface area contributed by atoms with Gasteiger partial charge in [0.25, 0.3) is 5.91 Å². The molecule has 2 aromatic rings. The molecule has 16 heteroatoms. The third-order valence-electron chi connectivity index (χ3n) is 8.73. The van der Waals surface area contributed by atoms with E-state index in [2.05, 4.69) is 26.9 Å². The molecule has 15 nitrogen and oxygen atoms in total. The van der Waals surface area contributed by atoms with Crippen LogP contribution >= 0.6 is 0 Å². The molecular formula is C33H43N5O10S. The van der Waals surface area contributed by atoms with E-state index < -0.39 is 80.4 Å². The molecule has 1 saturated heterocycles. The average molecular weight is 702 g/mol. The van der Waals surface area contributed by atoms with Gasteiger partial charge in [-0.05, 0) is 76.6 Å². The Morgan fingerprint density at radius 2 is 1.90 bits per heavy atom. The number of likely N-dealkylation sites (tertiary alicyclic amines) is 1. The lowest BCUT2D eigenvalue weighted by atomic mass is 10.1. The standard InChI is InChI=1S/C33H43N5O10S/c1-7-20-16-33(20,30(42)37-49(44,45)23-9-10-23)36-27(40)25-15-22(47-28-24-11-8-21(46-6)14-19(24)12-13-34-28)17-38(25)29(41)26(18(2)39)35-31(43)48-32(3,4)5/h7-8,11-14,18,20,22-23,25-26,39H,1,9-10,15-17H2,2-6H3,(H,35,43)(H,36,40)(H,37,42). The molecule has 3 fully saturated rings. The molecule has 3 aliphatic rings. The largest absolute Gasteiger partial charge is 0.497 e. The summed E-state index contributed by atoms with van der Waals surface area (Å²) in [5.74, 6) is -2.12. The number of methoxy groups -OCH3 is 1. The van der Waals surface area contributed by atoms with Crippen molar-refractivity contribution in [2.45, 2.75) is 94.1 Å². The van der Waals surface area contributed by atoms with E-state index in [0.717, 1.165) is 5.39 Å². The number of aliphatic hydroxyl groups is 1. The van der Waals surface area contributed by atoms with Crippen LogP contribution in [0.15, 0.2) is 43.1 Å². The lowest BCUT2D eigenvalue weighted by Crippen LogP contribution is -2.60. The topological polar surface area (TPSA) is 203 Å². The summed E-state index contributed by atoms with van der Waals surface area (Å²) in [5, 5.41) is 16.5. The highest BCUT2D eigenvalue weighted by Gasteiger charge is 2.62. The maximum Gasteiger partial charge on any atom is 0.408 e. The number of fused-ring (bicyclic) bond motifs is 1. The predicted octanol–water partition coefficient (Wildman–Crippen LogP) is 1.54. The van der Waals surface area contributed by atoms with E-state index in [1.807, 2.05) is 0 Å². The SMILES string of the molecule is C=CC1CC1(NC(=O)C1CC(Oc2nccc3cc(OC)ccc23)CN1C(=O)C(NC(=O)OC(C)(C)C)C(C)O)C(=O)NS(=O)(=O)C1CC1. The summed E-state index contributed by atoms with van der Waals surface area (Å²) in [5.41, 5.74) is -2.49. The Morgan fingerprint density at radius 1 is 1.18 bits per heavy atom. The second-order valence-corrected chi connectivity index (χ2v) is 15.7. The number of nitrogens with one attached hydrogen (secondary N) is 3. The van der Waals surface area contributed by atoms with Gasteiger partial charge in [0.2, 0.25) is 27.7 Å². The smallest absolute Gasteiger partial charge is 0.408 e. The molecule has 2 saturated carbocycles. The third-order valence-corrected chi connectivity index (χ3v) is 10.6. The zero-order chi connectivity index (χ0) is 35.9. The molecule has 1 aromatic carbocycles. The Bertz CT molecular complexity index is 1760. The van der Waals surface area contributed by atoms with E-state index in [-0.39, 0.29) is 25.3 Å². The van der Waals surface area contributed by atoms with Gasteiger partial charge < -0.3 is 34.9 Å². The van der Waals surface area contributed by atoms with Crippen molar-refractivity contribution in [3.63, 3.8) is 0 Å². The summed E-state index contributed by atoms with van der Waals surface area (Å²) in [4.78, 5) is 59.6. The van der Waals surface area contributed by atoms with Crippen LogP contribution in [0.1, 0.15) is 53.4 Å². The fourth-order valence-corrected chi connectivity index (χ4v) is 7.27. The van der Waals surface area contributed by atoms with Crippen LogP contribution < -0.4 is 24.8 Å². The van der Waals surface area contributed by atoms with E-state index in [1.54, 1.807) is 58.3 Å². The fraction of sp³-hybridized carbons (Fsp3) is 0.545. The van der Waals surface area contributed by atoms with Crippen molar-refractivity contribution in [2.24, 2.45) is 5.92 Å². The molecular weight excluding hydrogens is 658 g/mol. The Balaban J connectivity index is 1.42. The van der Waals surface area contributed by atoms with Crippen LogP contribution in [0.3, 0.4) is 0 Å². The Labute approximate surface area is 284 Å². The van der Waals surface area contributed by atoms with E-state index in [0.29, 0.717) is 24.0 Å². The van der Waals surface area contributed by atoms with Crippen molar-refractivity contribution in [3.05, 3.63) is 43.1 Å². The molecule has 0 spiro atoms. The quantitative estimate of drug-likeness (QED) is 0.234. The fourth-order valence-electron chi connectivity index (χ4n) is 5.90. The van der Waals surface area contributed by atoms with Crippen molar-refractivity contribution in [1.82, 2.24) is 25.2 Å². The van der Waals surface area contributed by atoms with E-state index in [9.17, 15) is 32.7 Å². The molecule has 4 N–H and O–H groups in total. The zero-order valence-electron chi connectivity index (χ0n) is 28.1. The van der Waals surface area contributed by atoms with Crippen LogP contribution in [-0.4, -0.2) is 102 Å². The minimum Gasteiger partial charge on any atom is -0.497 e. The number of hydrogen-bond donors (Lipinski definition) is 4. The molecule has 6 atom stereocenters. The molecule has 4 amide bonds. The van der Waals surface area contributed by atoms with Gasteiger partial charge >= 0.3 is 6.09 Å². The third kappa shape index (κ3) is 7.90. The number of aromatic nitrogens is 1. The number of carbonyl (C=O) groups excluding carboxylic acids is 4. The summed E-state index contributed by atoms with van der Waals surface area (Å²) < 4.78 is 44.2. The number of ether oxygens (including phenoxy) is 3. The molecule has 266 valence electrons. The Hall–Kier alpha value is -4.44. The van der Waals surface area contributed by atoms with Crippen LogP contribution in [-0.2, 0) is 29.1 Å². The van der Waals surface area contributed by atoms with Crippen molar-refractivity contribution >= 4 is 44.6 Å².